The van der Waals surface area contributed by atoms with Gasteiger partial charge in [-0.25, -0.2) is 0 Å². The molecule has 0 aliphatic carbocycles. The normalized spacial score (nSPS) is 23.2. The highest BCUT2D eigenvalue weighted by Crippen LogP contribution is 2.31. The summed E-state index contributed by atoms with van der Waals surface area (Å²) in [5, 5.41) is 17.4. The van der Waals surface area contributed by atoms with E-state index < -0.39 is 96.3 Å². The molecule has 7 amide bonds. The smallest absolute Gasteiger partial charge is 0.406 e. The van der Waals surface area contributed by atoms with Crippen LogP contribution in [0.1, 0.15) is 104 Å². The lowest BCUT2D eigenvalue weighted by atomic mass is 9.89. The van der Waals surface area contributed by atoms with E-state index in [4.69, 9.17) is 5.73 Å². The minimum atomic E-state index is -4.83. The van der Waals surface area contributed by atoms with E-state index >= 15 is 0 Å². The van der Waals surface area contributed by atoms with E-state index in [1.54, 1.807) is 32.2 Å². The largest absolute Gasteiger partial charge is 0.573 e. The van der Waals surface area contributed by atoms with Crippen molar-refractivity contribution in [1.29, 1.82) is 0 Å². The molecule has 2 aliphatic heterocycles. The number of alkyl halides is 3. The van der Waals surface area contributed by atoms with Crippen LogP contribution in [0.5, 0.6) is 5.75 Å². The Balaban J connectivity index is 1.47. The number of carbonyl (C=O) groups excluding carboxylic acids is 7. The second kappa shape index (κ2) is 24.4. The number of para-hydroxylation sites is 1. The van der Waals surface area contributed by atoms with Crippen molar-refractivity contribution in [2.24, 2.45) is 23.5 Å². The fourth-order valence-corrected chi connectivity index (χ4v) is 8.78. The minimum Gasteiger partial charge on any atom is -0.406 e. The number of aromatic amines is 1. The molecule has 0 bridgehead atoms. The Morgan fingerprint density at radius 1 is 0.696 bits per heavy atom. The van der Waals surface area contributed by atoms with Crippen molar-refractivity contribution in [3.05, 3.63) is 65.9 Å². The van der Waals surface area contributed by atoms with E-state index in [1.165, 1.54) is 17.0 Å². The zero-order chi connectivity index (χ0) is 50.6. The summed E-state index contributed by atoms with van der Waals surface area (Å²) in [6.45, 7) is 11.4. The van der Waals surface area contributed by atoms with Crippen LogP contribution < -0.4 is 42.4 Å². The number of hydrogen-bond acceptors (Lipinski definition) is 9. The van der Waals surface area contributed by atoms with Gasteiger partial charge in [0.2, 0.25) is 41.4 Å². The summed E-state index contributed by atoms with van der Waals surface area (Å²) in [4.78, 5) is 105. The molecule has 0 spiro atoms. The number of benzene rings is 2. The van der Waals surface area contributed by atoms with Crippen LogP contribution in [0.25, 0.3) is 10.9 Å². The molecule has 9 N–H and O–H groups in total. The summed E-state index contributed by atoms with van der Waals surface area (Å²) < 4.78 is 42.2. The Kier molecular flexibility index (Phi) is 19.0. The average molecular weight is 968 g/mol. The van der Waals surface area contributed by atoms with Crippen molar-refractivity contribution >= 4 is 52.3 Å². The van der Waals surface area contributed by atoms with Gasteiger partial charge < -0.3 is 52.3 Å². The van der Waals surface area contributed by atoms with Gasteiger partial charge in [0, 0.05) is 36.6 Å². The van der Waals surface area contributed by atoms with Crippen LogP contribution in [-0.4, -0.2) is 113 Å². The van der Waals surface area contributed by atoms with Gasteiger partial charge in [-0.05, 0) is 98.1 Å². The zero-order valence-corrected chi connectivity index (χ0v) is 40.2. The first-order chi connectivity index (χ1) is 32.6. The second-order valence-corrected chi connectivity index (χ2v) is 19.3. The maximum Gasteiger partial charge on any atom is 0.573 e. The Hall–Kier alpha value is -6.18. The van der Waals surface area contributed by atoms with Crippen LogP contribution in [0.3, 0.4) is 0 Å². The highest BCUT2D eigenvalue weighted by molar-refractivity contribution is 5.99. The SMILES string of the molecule is CC(C)C[C@@H]1NC(=O)[C@H](Cc2c[nH]c3ccccc23)NC(=O)[C@@H](CCCN)NC(=O)[C@H](CC(=O)N2CCC(c3ccc(OC(F)(F)F)cc3)CC2)NC(=O)[C@H](C(C)C)NC(=O)[C@@H](CC(C)C)NC1=O. The van der Waals surface area contributed by atoms with Gasteiger partial charge in [-0.3, -0.25) is 33.6 Å². The van der Waals surface area contributed by atoms with Crippen molar-refractivity contribution in [1.82, 2.24) is 41.8 Å². The Morgan fingerprint density at radius 3 is 1.80 bits per heavy atom. The number of nitrogens with two attached hydrogens (primary N) is 1. The van der Waals surface area contributed by atoms with Crippen molar-refractivity contribution in [3.8, 4) is 5.75 Å². The highest BCUT2D eigenvalue weighted by Gasteiger charge is 2.38. The molecule has 2 saturated heterocycles. The predicted octanol–water partition coefficient (Wildman–Crippen LogP) is 3.81. The molecule has 2 fully saturated rings. The van der Waals surface area contributed by atoms with Gasteiger partial charge in [0.15, 0.2) is 0 Å². The Labute approximate surface area is 400 Å². The number of ether oxygens (including phenoxy) is 1. The second-order valence-electron chi connectivity index (χ2n) is 19.3. The number of likely N-dealkylation sites (tertiary alicyclic amines) is 1. The molecule has 3 heterocycles. The number of nitrogens with zero attached hydrogens (tertiary/aromatic N) is 1. The van der Waals surface area contributed by atoms with Gasteiger partial charge in [0.25, 0.3) is 0 Å². The molecule has 0 saturated carbocycles. The molecule has 2 aliphatic rings. The number of hydrogen-bond donors (Lipinski definition) is 8. The summed E-state index contributed by atoms with van der Waals surface area (Å²) in [7, 11) is 0. The zero-order valence-electron chi connectivity index (χ0n) is 40.2. The number of fused-ring (bicyclic) bond motifs is 1. The van der Waals surface area contributed by atoms with Gasteiger partial charge in [0.05, 0.1) is 6.42 Å². The van der Waals surface area contributed by atoms with Crippen LogP contribution in [0.15, 0.2) is 54.7 Å². The lowest BCUT2D eigenvalue weighted by Crippen LogP contribution is -2.62. The Bertz CT molecular complexity index is 2260. The maximum atomic E-state index is 14.5. The van der Waals surface area contributed by atoms with Crippen LogP contribution in [0.2, 0.25) is 0 Å². The number of aromatic nitrogens is 1. The monoisotopic (exact) mass is 968 g/mol. The third kappa shape index (κ3) is 15.7. The molecule has 0 unspecified atom stereocenters. The van der Waals surface area contributed by atoms with E-state index in [-0.39, 0.29) is 75.2 Å². The first kappa shape index (κ1) is 53.8. The quantitative estimate of drug-likeness (QED) is 0.117. The van der Waals surface area contributed by atoms with E-state index in [0.29, 0.717) is 18.4 Å². The van der Waals surface area contributed by atoms with Crippen LogP contribution in [0, 0.1) is 17.8 Å². The van der Waals surface area contributed by atoms with Crippen LogP contribution in [0.4, 0.5) is 13.2 Å². The van der Waals surface area contributed by atoms with Crippen molar-refractivity contribution < 1.29 is 51.5 Å². The molecular formula is C49H68F3N9O8. The number of piperidine rings is 1. The van der Waals surface area contributed by atoms with Gasteiger partial charge in [-0.2, -0.15) is 0 Å². The molecule has 1 aromatic heterocycles. The van der Waals surface area contributed by atoms with Gasteiger partial charge in [-0.1, -0.05) is 71.9 Å². The topological polar surface area (TPSA) is 246 Å². The fraction of sp³-hybridized carbons (Fsp3) is 0.571. The maximum absolute atomic E-state index is 14.5. The molecule has 378 valence electrons. The van der Waals surface area contributed by atoms with E-state index in [9.17, 15) is 46.7 Å². The lowest BCUT2D eigenvalue weighted by Gasteiger charge is -2.34. The molecule has 2 aromatic carbocycles. The molecule has 17 nitrogen and oxygen atoms in total. The number of amides is 7. The number of nitrogens with one attached hydrogen (secondary N) is 7. The molecular weight excluding hydrogens is 900 g/mol. The molecule has 69 heavy (non-hydrogen) atoms. The third-order valence-corrected chi connectivity index (χ3v) is 12.4. The first-order valence-electron chi connectivity index (χ1n) is 23.8. The summed E-state index contributed by atoms with van der Waals surface area (Å²) in [6, 6.07) is 5.32. The molecule has 0 radical (unpaired) electrons. The van der Waals surface area contributed by atoms with Gasteiger partial charge in [0.1, 0.15) is 42.0 Å². The molecule has 3 aromatic rings. The van der Waals surface area contributed by atoms with E-state index in [0.717, 1.165) is 16.5 Å². The number of carbonyl (C=O) groups is 7. The van der Waals surface area contributed by atoms with Gasteiger partial charge >= 0.3 is 6.36 Å². The fourth-order valence-electron chi connectivity index (χ4n) is 8.78. The highest BCUT2D eigenvalue weighted by atomic mass is 19.4. The van der Waals surface area contributed by atoms with Crippen molar-refractivity contribution in [2.75, 3.05) is 19.6 Å². The third-order valence-electron chi connectivity index (χ3n) is 12.4. The molecule has 5 rings (SSSR count). The van der Waals surface area contributed by atoms with Crippen LogP contribution in [-0.2, 0) is 40.0 Å². The predicted molar refractivity (Wildman–Crippen MR) is 252 cm³/mol. The number of halogens is 3. The first-order valence-corrected chi connectivity index (χ1v) is 23.8. The molecule has 20 heteroatoms. The van der Waals surface area contributed by atoms with Crippen molar-refractivity contribution in [2.45, 2.75) is 141 Å². The summed E-state index contributed by atoms with van der Waals surface area (Å²) in [5.41, 5.74) is 8.12. The van der Waals surface area contributed by atoms with E-state index in [2.05, 4.69) is 41.6 Å². The Morgan fingerprint density at radius 2 is 1.22 bits per heavy atom. The van der Waals surface area contributed by atoms with E-state index in [1.807, 2.05) is 52.0 Å². The van der Waals surface area contributed by atoms with Gasteiger partial charge in [-0.15, -0.1) is 13.2 Å². The number of H-pyrrole nitrogens is 1. The number of rotatable bonds is 14. The summed E-state index contributed by atoms with van der Waals surface area (Å²) in [5.74, 6) is -6.07. The standard InChI is InChI=1S/C49H68F3N9O8/c1-27(2)22-37-44(64)57-38(23-28(3)4)47(67)60-42(29(5)6)48(68)59-40(25-41(62)61-20-17-31(18-21-61)30-13-15-33(16-14-30)69-49(50,51)52)46(66)55-36(12-9-19-53)43(63)58-39(45(65)56-37)24-32-26-54-35-11-8-7-10-34(32)35/h7-8,10-11,13-16,26-29,31,36-40,42,54H,9,12,17-25,53H2,1-6H3,(H,55,66)(H,56,65)(H,57,64)(H,58,63)(H,59,68)(H,60,67)/t36-,37+,38-,39+,40+,42+/m1/s1. The average Bonchev–Trinajstić information content (AvgIpc) is 3.69. The van der Waals surface area contributed by atoms with Crippen molar-refractivity contribution in [3.63, 3.8) is 0 Å². The summed E-state index contributed by atoms with van der Waals surface area (Å²) in [6.07, 6.45) is -2.13. The lowest BCUT2D eigenvalue weighted by molar-refractivity contribution is -0.274. The molecule has 6 atom stereocenters. The van der Waals surface area contributed by atoms with Crippen LogP contribution >= 0.6 is 0 Å². The minimum absolute atomic E-state index is 0.0151. The summed E-state index contributed by atoms with van der Waals surface area (Å²) >= 11 is 0.